The zero-order valence-corrected chi connectivity index (χ0v) is 13.4. The van der Waals surface area contributed by atoms with Gasteiger partial charge in [0.15, 0.2) is 0 Å². The van der Waals surface area contributed by atoms with Gasteiger partial charge in [0.2, 0.25) is 0 Å². The second kappa shape index (κ2) is 11.0. The highest BCUT2D eigenvalue weighted by atomic mass is 16.6. The quantitative estimate of drug-likeness (QED) is 0.340. The second-order valence-electron chi connectivity index (χ2n) is 5.64. The van der Waals surface area contributed by atoms with Crippen LogP contribution in [0.3, 0.4) is 0 Å². The minimum atomic E-state index is -0.748. The summed E-state index contributed by atoms with van der Waals surface area (Å²) in [4.78, 5) is 33.5. The number of hydrogen-bond donors (Lipinski definition) is 1. The molecule has 1 N–H and O–H groups in total. The van der Waals surface area contributed by atoms with Crippen LogP contribution < -0.4 is 5.32 Å². The average molecular weight is 313 g/mol. The molecule has 0 aliphatic carbocycles. The van der Waals surface area contributed by atoms with Gasteiger partial charge in [-0.1, -0.05) is 51.9 Å². The van der Waals surface area contributed by atoms with Crippen LogP contribution in [0, 0.1) is 0 Å². The first-order valence-corrected chi connectivity index (χ1v) is 8.31. The standard InChI is InChI=1S/C16H27NO5/c1-2-3-4-5-6-7-8-9-12-21-14(18)11-10-13-15(19)22-16(20)17-13/h13H,2-12H2,1H3,(H,17,20). The van der Waals surface area contributed by atoms with E-state index in [1.165, 1.54) is 38.5 Å². The third kappa shape index (κ3) is 8.00. The molecule has 1 rings (SSSR count). The molecule has 0 aromatic heterocycles. The Morgan fingerprint density at radius 3 is 2.32 bits per heavy atom. The highest BCUT2D eigenvalue weighted by Gasteiger charge is 2.32. The third-order valence-electron chi connectivity index (χ3n) is 3.67. The molecule has 6 heteroatoms. The zero-order valence-electron chi connectivity index (χ0n) is 13.4. The average Bonchev–Trinajstić information content (AvgIpc) is 2.81. The van der Waals surface area contributed by atoms with Crippen molar-refractivity contribution in [2.24, 2.45) is 0 Å². The van der Waals surface area contributed by atoms with Gasteiger partial charge in [-0.2, -0.15) is 0 Å². The van der Waals surface area contributed by atoms with Crippen LogP contribution in [-0.4, -0.2) is 30.7 Å². The summed E-state index contributed by atoms with van der Waals surface area (Å²) >= 11 is 0. The smallest absolute Gasteiger partial charge is 0.415 e. The fourth-order valence-corrected chi connectivity index (χ4v) is 2.34. The zero-order chi connectivity index (χ0) is 16.2. The van der Waals surface area contributed by atoms with Crippen LogP contribution in [0.4, 0.5) is 4.79 Å². The predicted molar refractivity (Wildman–Crippen MR) is 81.2 cm³/mol. The summed E-state index contributed by atoms with van der Waals surface area (Å²) in [7, 11) is 0. The molecule has 126 valence electrons. The molecule has 0 bridgehead atoms. The lowest BCUT2D eigenvalue weighted by molar-refractivity contribution is -0.144. The van der Waals surface area contributed by atoms with Crippen molar-refractivity contribution in [3.63, 3.8) is 0 Å². The molecule has 1 unspecified atom stereocenters. The maximum Gasteiger partial charge on any atom is 0.415 e. The van der Waals surface area contributed by atoms with E-state index in [0.717, 1.165) is 12.8 Å². The summed E-state index contributed by atoms with van der Waals surface area (Å²) in [6.45, 7) is 2.63. The lowest BCUT2D eigenvalue weighted by Gasteiger charge is -2.07. The van der Waals surface area contributed by atoms with E-state index in [-0.39, 0.29) is 18.8 Å². The molecule has 1 fully saturated rings. The van der Waals surface area contributed by atoms with Gasteiger partial charge < -0.3 is 14.8 Å². The van der Waals surface area contributed by atoms with Crippen molar-refractivity contribution < 1.29 is 23.9 Å². The summed E-state index contributed by atoms with van der Waals surface area (Å²) in [5.41, 5.74) is 0. The molecule has 1 atom stereocenters. The van der Waals surface area contributed by atoms with Gasteiger partial charge in [0.25, 0.3) is 0 Å². The van der Waals surface area contributed by atoms with Gasteiger partial charge >= 0.3 is 18.0 Å². The number of nitrogens with one attached hydrogen (secondary N) is 1. The second-order valence-corrected chi connectivity index (χ2v) is 5.64. The Morgan fingerprint density at radius 2 is 1.73 bits per heavy atom. The minimum Gasteiger partial charge on any atom is -0.466 e. The number of rotatable bonds is 12. The Kier molecular flexibility index (Phi) is 9.26. The van der Waals surface area contributed by atoms with Gasteiger partial charge in [-0.25, -0.2) is 9.59 Å². The molecule has 0 spiro atoms. The molecule has 1 heterocycles. The van der Waals surface area contributed by atoms with Crippen molar-refractivity contribution in [3.05, 3.63) is 0 Å². The van der Waals surface area contributed by atoms with E-state index in [1.807, 2.05) is 0 Å². The highest BCUT2D eigenvalue weighted by molar-refractivity contribution is 5.95. The monoisotopic (exact) mass is 313 g/mol. The van der Waals surface area contributed by atoms with Crippen LogP contribution in [0.2, 0.25) is 0 Å². The first-order valence-electron chi connectivity index (χ1n) is 8.31. The predicted octanol–water partition coefficient (Wildman–Crippen LogP) is 3.09. The number of unbranched alkanes of at least 4 members (excludes halogenated alkanes) is 7. The fourth-order valence-electron chi connectivity index (χ4n) is 2.34. The van der Waals surface area contributed by atoms with E-state index < -0.39 is 18.1 Å². The van der Waals surface area contributed by atoms with Crippen molar-refractivity contribution in [1.82, 2.24) is 5.32 Å². The molecule has 0 saturated carbocycles. The van der Waals surface area contributed by atoms with E-state index in [9.17, 15) is 14.4 Å². The molecular weight excluding hydrogens is 286 g/mol. The van der Waals surface area contributed by atoms with Crippen molar-refractivity contribution >= 4 is 18.0 Å². The molecule has 1 saturated heterocycles. The SMILES string of the molecule is CCCCCCCCCCOC(=O)CCC1NC(=O)OC1=O. The van der Waals surface area contributed by atoms with E-state index >= 15 is 0 Å². The number of esters is 2. The molecule has 6 nitrogen and oxygen atoms in total. The number of cyclic esters (lactones) is 2. The van der Waals surface area contributed by atoms with Crippen LogP contribution >= 0.6 is 0 Å². The molecule has 0 aromatic rings. The lowest BCUT2D eigenvalue weighted by atomic mass is 10.1. The van der Waals surface area contributed by atoms with Crippen LogP contribution in [0.15, 0.2) is 0 Å². The third-order valence-corrected chi connectivity index (χ3v) is 3.67. The number of carbonyl (C=O) groups excluding carboxylic acids is 3. The van der Waals surface area contributed by atoms with Gasteiger partial charge in [-0.3, -0.25) is 4.79 Å². The molecule has 1 amide bonds. The number of ether oxygens (including phenoxy) is 2. The van der Waals surface area contributed by atoms with Gasteiger partial charge in [0.1, 0.15) is 6.04 Å². The molecule has 0 radical (unpaired) electrons. The summed E-state index contributed by atoms with van der Waals surface area (Å²) < 4.78 is 9.43. The van der Waals surface area contributed by atoms with Crippen molar-refractivity contribution in [3.8, 4) is 0 Å². The summed E-state index contributed by atoms with van der Waals surface area (Å²) in [5.74, 6) is -0.960. The Hall–Kier alpha value is -1.59. The van der Waals surface area contributed by atoms with E-state index in [4.69, 9.17) is 4.74 Å². The number of carbonyl (C=O) groups is 3. The molecule has 1 aliphatic rings. The summed E-state index contributed by atoms with van der Waals surface area (Å²) in [6, 6.07) is -0.719. The first-order chi connectivity index (χ1) is 10.6. The molecule has 22 heavy (non-hydrogen) atoms. The van der Waals surface area contributed by atoms with Crippen molar-refractivity contribution in [1.29, 1.82) is 0 Å². The number of hydrogen-bond acceptors (Lipinski definition) is 5. The van der Waals surface area contributed by atoms with Gasteiger partial charge in [-0.15, -0.1) is 0 Å². The lowest BCUT2D eigenvalue weighted by Crippen LogP contribution is -2.29. The van der Waals surface area contributed by atoms with Crippen LogP contribution in [0.25, 0.3) is 0 Å². The fraction of sp³-hybridized carbons (Fsp3) is 0.812. The van der Waals surface area contributed by atoms with Gasteiger partial charge in [0.05, 0.1) is 6.61 Å². The van der Waals surface area contributed by atoms with E-state index in [0.29, 0.717) is 6.61 Å². The molecular formula is C16H27NO5. The Labute approximate surface area is 131 Å². The van der Waals surface area contributed by atoms with Gasteiger partial charge in [-0.05, 0) is 12.8 Å². The number of amides is 1. The Balaban J connectivity index is 1.91. The van der Waals surface area contributed by atoms with Crippen LogP contribution in [0.5, 0.6) is 0 Å². The van der Waals surface area contributed by atoms with Crippen molar-refractivity contribution in [2.75, 3.05) is 6.61 Å². The molecule has 1 aliphatic heterocycles. The Morgan fingerprint density at radius 1 is 1.09 bits per heavy atom. The topological polar surface area (TPSA) is 81.7 Å². The highest BCUT2D eigenvalue weighted by Crippen LogP contribution is 2.10. The maximum atomic E-state index is 11.5. The van der Waals surface area contributed by atoms with Crippen molar-refractivity contribution in [2.45, 2.75) is 77.2 Å². The largest absolute Gasteiger partial charge is 0.466 e. The molecule has 0 aromatic carbocycles. The summed E-state index contributed by atoms with van der Waals surface area (Å²) in [6.07, 6.45) is 9.14. The summed E-state index contributed by atoms with van der Waals surface area (Å²) in [5, 5.41) is 2.35. The minimum absolute atomic E-state index is 0.108. The maximum absolute atomic E-state index is 11.5. The normalized spacial score (nSPS) is 17.2. The van der Waals surface area contributed by atoms with Crippen LogP contribution in [-0.2, 0) is 19.1 Å². The van der Waals surface area contributed by atoms with Gasteiger partial charge in [0, 0.05) is 6.42 Å². The first kappa shape index (κ1) is 18.5. The van der Waals surface area contributed by atoms with Crippen LogP contribution in [0.1, 0.15) is 71.1 Å². The number of alkyl carbamates (subject to hydrolysis) is 1. The van der Waals surface area contributed by atoms with E-state index in [2.05, 4.69) is 17.0 Å². The van der Waals surface area contributed by atoms with E-state index in [1.54, 1.807) is 0 Å². The Bertz CT molecular complexity index is 370.